The second kappa shape index (κ2) is 6.92. The Morgan fingerprint density at radius 2 is 1.70 bits per heavy atom. The fourth-order valence-electron chi connectivity index (χ4n) is 3.21. The van der Waals surface area contributed by atoms with Gasteiger partial charge in [0.2, 0.25) is 5.91 Å². The van der Waals surface area contributed by atoms with Crippen LogP contribution in [0.4, 0.5) is 4.39 Å². The third kappa shape index (κ3) is 3.42. The second-order valence-electron chi connectivity index (χ2n) is 6.01. The van der Waals surface area contributed by atoms with Crippen molar-refractivity contribution in [1.29, 1.82) is 0 Å². The summed E-state index contributed by atoms with van der Waals surface area (Å²) in [6, 6.07) is 16.2. The summed E-state index contributed by atoms with van der Waals surface area (Å²) >= 11 is 0. The van der Waals surface area contributed by atoms with E-state index in [1.54, 1.807) is 12.1 Å². The Morgan fingerprint density at radius 1 is 1.04 bits per heavy atom. The van der Waals surface area contributed by atoms with E-state index in [0.29, 0.717) is 6.54 Å². The average Bonchev–Trinajstić information content (AvgIpc) is 2.62. The molecule has 1 heterocycles. The van der Waals surface area contributed by atoms with Gasteiger partial charge in [-0.15, -0.1) is 0 Å². The van der Waals surface area contributed by atoms with Crippen LogP contribution in [0.3, 0.4) is 0 Å². The average molecular weight is 312 g/mol. The highest BCUT2D eigenvalue weighted by Gasteiger charge is 2.40. The molecule has 2 aromatic carbocycles. The van der Waals surface area contributed by atoms with Crippen molar-refractivity contribution in [2.75, 3.05) is 13.1 Å². The summed E-state index contributed by atoms with van der Waals surface area (Å²) in [5.41, 5.74) is 1.49. The predicted molar refractivity (Wildman–Crippen MR) is 88.5 cm³/mol. The maximum Gasteiger partial charge on any atom is 0.231 e. The number of carbonyl (C=O) groups excluding carboxylic acids is 1. The lowest BCUT2D eigenvalue weighted by atomic mass is 9.72. The van der Waals surface area contributed by atoms with Crippen LogP contribution in [0.5, 0.6) is 0 Å². The summed E-state index contributed by atoms with van der Waals surface area (Å²) in [4.78, 5) is 12.9. The number of rotatable bonds is 4. The van der Waals surface area contributed by atoms with Gasteiger partial charge in [0, 0.05) is 6.54 Å². The number of halogens is 1. The van der Waals surface area contributed by atoms with Gasteiger partial charge in [-0.05, 0) is 49.2 Å². The summed E-state index contributed by atoms with van der Waals surface area (Å²) in [6.45, 7) is 2.08. The first-order chi connectivity index (χ1) is 11.2. The highest BCUT2D eigenvalue weighted by Crippen LogP contribution is 2.33. The van der Waals surface area contributed by atoms with E-state index in [0.717, 1.165) is 37.1 Å². The molecule has 0 unspecified atom stereocenters. The summed E-state index contributed by atoms with van der Waals surface area (Å²) < 4.78 is 13.0. The molecule has 0 saturated carbocycles. The molecule has 1 amide bonds. The molecular formula is C19H21FN2O. The van der Waals surface area contributed by atoms with E-state index >= 15 is 0 Å². The van der Waals surface area contributed by atoms with Crippen LogP contribution in [0.2, 0.25) is 0 Å². The maximum absolute atomic E-state index is 13.0. The van der Waals surface area contributed by atoms with Crippen LogP contribution in [0.1, 0.15) is 24.0 Å². The second-order valence-corrected chi connectivity index (χ2v) is 6.01. The molecule has 23 heavy (non-hydrogen) atoms. The largest absolute Gasteiger partial charge is 0.351 e. The molecule has 0 spiro atoms. The highest BCUT2D eigenvalue weighted by atomic mass is 19.1. The Balaban J connectivity index is 1.77. The van der Waals surface area contributed by atoms with Gasteiger partial charge in [0.25, 0.3) is 0 Å². The van der Waals surface area contributed by atoms with E-state index in [-0.39, 0.29) is 11.7 Å². The molecule has 3 rings (SSSR count). The summed E-state index contributed by atoms with van der Waals surface area (Å²) in [5.74, 6) is -0.214. The fourth-order valence-corrected chi connectivity index (χ4v) is 3.21. The van der Waals surface area contributed by atoms with E-state index in [1.807, 2.05) is 30.3 Å². The fraction of sp³-hybridized carbons (Fsp3) is 0.316. The van der Waals surface area contributed by atoms with E-state index in [2.05, 4.69) is 10.6 Å². The van der Waals surface area contributed by atoms with Crippen molar-refractivity contribution in [3.8, 4) is 0 Å². The van der Waals surface area contributed by atoms with E-state index in [9.17, 15) is 9.18 Å². The minimum atomic E-state index is -0.480. The molecule has 1 saturated heterocycles. The van der Waals surface area contributed by atoms with Gasteiger partial charge in [-0.25, -0.2) is 4.39 Å². The molecule has 1 fully saturated rings. The topological polar surface area (TPSA) is 41.1 Å². The molecule has 0 aromatic heterocycles. The Kier molecular flexibility index (Phi) is 4.72. The Hall–Kier alpha value is -2.20. The molecule has 2 aromatic rings. The molecule has 1 aliphatic heterocycles. The number of nitrogens with one attached hydrogen (secondary N) is 2. The third-order valence-electron chi connectivity index (χ3n) is 4.58. The van der Waals surface area contributed by atoms with Gasteiger partial charge in [0.15, 0.2) is 0 Å². The van der Waals surface area contributed by atoms with Gasteiger partial charge < -0.3 is 10.6 Å². The van der Waals surface area contributed by atoms with Crippen LogP contribution in [0, 0.1) is 5.82 Å². The molecule has 0 atom stereocenters. The zero-order valence-electron chi connectivity index (χ0n) is 13.0. The lowest BCUT2D eigenvalue weighted by molar-refractivity contribution is -0.128. The van der Waals surface area contributed by atoms with E-state index in [4.69, 9.17) is 0 Å². The third-order valence-corrected chi connectivity index (χ3v) is 4.58. The van der Waals surface area contributed by atoms with Crippen molar-refractivity contribution in [2.45, 2.75) is 24.8 Å². The first-order valence-electron chi connectivity index (χ1n) is 8.00. The Labute approximate surface area is 135 Å². The quantitative estimate of drug-likeness (QED) is 0.911. The standard InChI is InChI=1S/C19H21FN2O/c20-17-8-6-15(7-9-17)14-22-18(23)19(10-12-21-13-11-19)16-4-2-1-3-5-16/h1-9,21H,10-14H2,(H,22,23). The number of amides is 1. The molecule has 0 aliphatic carbocycles. The normalized spacial score (nSPS) is 16.7. The molecular weight excluding hydrogens is 291 g/mol. The van der Waals surface area contributed by atoms with Gasteiger partial charge in [-0.1, -0.05) is 42.5 Å². The van der Waals surface area contributed by atoms with Crippen LogP contribution in [0.15, 0.2) is 54.6 Å². The first kappa shape index (κ1) is 15.7. The number of piperidine rings is 1. The monoisotopic (exact) mass is 312 g/mol. The van der Waals surface area contributed by atoms with Crippen molar-refractivity contribution in [1.82, 2.24) is 10.6 Å². The SMILES string of the molecule is O=C(NCc1ccc(F)cc1)C1(c2ccccc2)CCNCC1. The van der Waals surface area contributed by atoms with Crippen molar-refractivity contribution >= 4 is 5.91 Å². The van der Waals surface area contributed by atoms with Crippen LogP contribution >= 0.6 is 0 Å². The first-order valence-corrected chi connectivity index (χ1v) is 8.00. The van der Waals surface area contributed by atoms with E-state index in [1.165, 1.54) is 12.1 Å². The Morgan fingerprint density at radius 3 is 2.35 bits per heavy atom. The van der Waals surface area contributed by atoms with Crippen LogP contribution in [0.25, 0.3) is 0 Å². The van der Waals surface area contributed by atoms with Gasteiger partial charge >= 0.3 is 0 Å². The smallest absolute Gasteiger partial charge is 0.231 e. The minimum Gasteiger partial charge on any atom is -0.351 e. The van der Waals surface area contributed by atoms with Crippen molar-refractivity contribution in [3.05, 3.63) is 71.5 Å². The molecule has 4 heteroatoms. The minimum absolute atomic E-state index is 0.0505. The summed E-state index contributed by atoms with van der Waals surface area (Å²) in [7, 11) is 0. The van der Waals surface area contributed by atoms with Gasteiger partial charge in [-0.3, -0.25) is 4.79 Å². The molecule has 1 aliphatic rings. The maximum atomic E-state index is 13.0. The van der Waals surface area contributed by atoms with Crippen molar-refractivity contribution < 1.29 is 9.18 Å². The van der Waals surface area contributed by atoms with Crippen LogP contribution in [-0.4, -0.2) is 19.0 Å². The predicted octanol–water partition coefficient (Wildman–Crippen LogP) is 2.76. The Bertz CT molecular complexity index is 649. The van der Waals surface area contributed by atoms with Gasteiger partial charge in [-0.2, -0.15) is 0 Å². The zero-order valence-corrected chi connectivity index (χ0v) is 13.0. The lowest BCUT2D eigenvalue weighted by Crippen LogP contribution is -2.50. The van der Waals surface area contributed by atoms with Gasteiger partial charge in [0.05, 0.1) is 5.41 Å². The van der Waals surface area contributed by atoms with Crippen molar-refractivity contribution in [3.63, 3.8) is 0 Å². The number of hydrogen-bond donors (Lipinski definition) is 2. The lowest BCUT2D eigenvalue weighted by Gasteiger charge is -2.36. The number of carbonyl (C=O) groups is 1. The molecule has 0 bridgehead atoms. The van der Waals surface area contributed by atoms with Crippen LogP contribution < -0.4 is 10.6 Å². The van der Waals surface area contributed by atoms with Crippen molar-refractivity contribution in [2.24, 2.45) is 0 Å². The molecule has 3 nitrogen and oxygen atoms in total. The summed E-state index contributed by atoms with van der Waals surface area (Å²) in [6.07, 6.45) is 1.57. The number of benzene rings is 2. The van der Waals surface area contributed by atoms with Crippen LogP contribution in [-0.2, 0) is 16.8 Å². The summed E-state index contributed by atoms with van der Waals surface area (Å²) in [5, 5.41) is 6.36. The highest BCUT2D eigenvalue weighted by molar-refractivity contribution is 5.88. The van der Waals surface area contributed by atoms with E-state index < -0.39 is 5.41 Å². The number of hydrogen-bond acceptors (Lipinski definition) is 2. The zero-order chi connectivity index (χ0) is 16.1. The van der Waals surface area contributed by atoms with Gasteiger partial charge in [0.1, 0.15) is 5.82 Å². The molecule has 0 radical (unpaired) electrons. The molecule has 2 N–H and O–H groups in total. The molecule has 120 valence electrons.